The summed E-state index contributed by atoms with van der Waals surface area (Å²) < 4.78 is 0. The van der Waals surface area contributed by atoms with E-state index in [9.17, 15) is 0 Å². The zero-order valence-electron chi connectivity index (χ0n) is 8.07. The fourth-order valence-electron chi connectivity index (χ4n) is 1.71. The molecule has 0 spiro atoms. The molecule has 0 saturated carbocycles. The van der Waals surface area contributed by atoms with Gasteiger partial charge in [-0.25, -0.2) is 0 Å². The Morgan fingerprint density at radius 2 is 1.87 bits per heavy atom. The van der Waals surface area contributed by atoms with E-state index in [0.29, 0.717) is 0 Å². The van der Waals surface area contributed by atoms with Crippen molar-refractivity contribution < 1.29 is 0 Å². The van der Waals surface area contributed by atoms with Gasteiger partial charge in [-0.3, -0.25) is 5.10 Å². The lowest BCUT2D eigenvalue weighted by Gasteiger charge is -1.95. The van der Waals surface area contributed by atoms with Crippen LogP contribution in [0.2, 0.25) is 0 Å². The van der Waals surface area contributed by atoms with Crippen LogP contribution in [0.5, 0.6) is 0 Å². The van der Waals surface area contributed by atoms with Crippen LogP contribution >= 0.6 is 0 Å². The summed E-state index contributed by atoms with van der Waals surface area (Å²) in [6, 6.07) is 19.2. The number of benzene rings is 2. The molecule has 1 aromatic heterocycles. The zero-order chi connectivity index (χ0) is 10.1. The van der Waals surface area contributed by atoms with Gasteiger partial charge in [0, 0.05) is 10.9 Å². The summed E-state index contributed by atoms with van der Waals surface area (Å²) >= 11 is 0. The smallest absolute Gasteiger partial charge is 0.101 e. The Labute approximate surface area is 87.6 Å². The number of fused-ring (bicyclic) bond motifs is 1. The van der Waals surface area contributed by atoms with Crippen molar-refractivity contribution in [2.45, 2.75) is 0 Å². The molecule has 0 aliphatic heterocycles. The Balaban J connectivity index is 2.28. The minimum absolute atomic E-state index is 0.964. The average molecular weight is 193 g/mol. The molecule has 0 amide bonds. The highest BCUT2D eigenvalue weighted by Crippen LogP contribution is 2.24. The molecular formula is C13H9N2. The van der Waals surface area contributed by atoms with Gasteiger partial charge in [-0.15, -0.1) is 0 Å². The first-order valence-electron chi connectivity index (χ1n) is 4.85. The first kappa shape index (κ1) is 8.24. The number of H-pyrrole nitrogens is 1. The summed E-state index contributed by atoms with van der Waals surface area (Å²) in [6.45, 7) is 0. The molecule has 2 nitrogen and oxygen atoms in total. The fraction of sp³-hybridized carbons (Fsp3) is 0. The van der Waals surface area contributed by atoms with Crippen molar-refractivity contribution in [3.63, 3.8) is 0 Å². The standard InChI is InChI=1S/C13H9N2/c1-2-6-10(7-3-1)13-11-8-4-5-9-12(11)14-15-13/h1-6,8-9H,(H,14,15). The molecule has 0 atom stereocenters. The molecule has 0 fully saturated rings. The number of nitrogens with zero attached hydrogens (tertiary/aromatic N) is 1. The van der Waals surface area contributed by atoms with Gasteiger partial charge in [-0.2, -0.15) is 5.10 Å². The first-order chi connectivity index (χ1) is 7.45. The SMILES string of the molecule is [c]1ccccc1-c1n[nH]c2ccccc12. The topological polar surface area (TPSA) is 28.7 Å². The lowest BCUT2D eigenvalue weighted by atomic mass is 10.1. The molecule has 1 N–H and O–H groups in total. The van der Waals surface area contributed by atoms with Gasteiger partial charge in [0.05, 0.1) is 5.52 Å². The van der Waals surface area contributed by atoms with Gasteiger partial charge in [0.15, 0.2) is 0 Å². The molecule has 0 aliphatic rings. The van der Waals surface area contributed by atoms with Crippen LogP contribution in [-0.2, 0) is 0 Å². The Bertz CT molecular complexity index is 582. The van der Waals surface area contributed by atoms with E-state index in [1.807, 2.05) is 42.5 Å². The van der Waals surface area contributed by atoms with Gasteiger partial charge >= 0.3 is 0 Å². The third-order valence-corrected chi connectivity index (χ3v) is 2.43. The average Bonchev–Trinajstić information content (AvgIpc) is 2.74. The monoisotopic (exact) mass is 193 g/mol. The van der Waals surface area contributed by atoms with Crippen molar-refractivity contribution in [3.8, 4) is 11.3 Å². The molecule has 0 unspecified atom stereocenters. The maximum absolute atomic E-state index is 4.31. The molecular weight excluding hydrogens is 184 g/mol. The van der Waals surface area contributed by atoms with E-state index >= 15 is 0 Å². The van der Waals surface area contributed by atoms with E-state index in [1.165, 1.54) is 0 Å². The third-order valence-electron chi connectivity index (χ3n) is 2.43. The molecule has 15 heavy (non-hydrogen) atoms. The summed E-state index contributed by atoms with van der Waals surface area (Å²) in [5.41, 5.74) is 3.05. The van der Waals surface area contributed by atoms with Gasteiger partial charge in [0.2, 0.25) is 0 Å². The number of hydrogen-bond donors (Lipinski definition) is 1. The van der Waals surface area contributed by atoms with Crippen molar-refractivity contribution in [3.05, 3.63) is 54.6 Å². The van der Waals surface area contributed by atoms with Crippen LogP contribution in [0.3, 0.4) is 0 Å². The summed E-state index contributed by atoms with van der Waals surface area (Å²) in [5.74, 6) is 0. The van der Waals surface area contributed by atoms with Crippen LogP contribution in [0.25, 0.3) is 22.2 Å². The van der Waals surface area contributed by atoms with E-state index in [1.54, 1.807) is 0 Å². The van der Waals surface area contributed by atoms with Gasteiger partial charge in [0.25, 0.3) is 0 Å². The van der Waals surface area contributed by atoms with Crippen LogP contribution in [0.15, 0.2) is 48.5 Å². The molecule has 0 bridgehead atoms. The molecule has 1 radical (unpaired) electrons. The van der Waals surface area contributed by atoms with Crippen LogP contribution in [0.4, 0.5) is 0 Å². The van der Waals surface area contributed by atoms with Crippen molar-refractivity contribution in [1.82, 2.24) is 10.2 Å². The molecule has 3 aromatic rings. The molecule has 3 rings (SSSR count). The van der Waals surface area contributed by atoms with E-state index in [0.717, 1.165) is 22.2 Å². The van der Waals surface area contributed by atoms with Crippen LogP contribution in [0.1, 0.15) is 0 Å². The number of rotatable bonds is 1. The van der Waals surface area contributed by atoms with Gasteiger partial charge < -0.3 is 0 Å². The van der Waals surface area contributed by atoms with Gasteiger partial charge in [-0.1, -0.05) is 42.5 Å². The first-order valence-corrected chi connectivity index (χ1v) is 4.85. The largest absolute Gasteiger partial charge is 0.277 e. The predicted molar refractivity (Wildman–Crippen MR) is 60.4 cm³/mol. The third kappa shape index (κ3) is 1.31. The quantitative estimate of drug-likeness (QED) is 0.632. The summed E-state index contributed by atoms with van der Waals surface area (Å²) in [6.07, 6.45) is 0. The molecule has 71 valence electrons. The number of aromatic nitrogens is 2. The zero-order valence-corrected chi connectivity index (χ0v) is 8.07. The van der Waals surface area contributed by atoms with Crippen LogP contribution < -0.4 is 0 Å². The predicted octanol–water partition coefficient (Wildman–Crippen LogP) is 3.03. The van der Waals surface area contributed by atoms with Crippen molar-refractivity contribution in [1.29, 1.82) is 0 Å². The summed E-state index contributed by atoms with van der Waals surface area (Å²) in [7, 11) is 0. The molecule has 2 aromatic carbocycles. The Morgan fingerprint density at radius 3 is 2.73 bits per heavy atom. The molecule has 1 heterocycles. The lowest BCUT2D eigenvalue weighted by Crippen LogP contribution is -1.77. The van der Waals surface area contributed by atoms with E-state index in [4.69, 9.17) is 0 Å². The number of nitrogens with one attached hydrogen (secondary N) is 1. The Kier molecular flexibility index (Phi) is 1.78. The minimum atomic E-state index is 0.964. The van der Waals surface area contributed by atoms with Gasteiger partial charge in [-0.05, 0) is 12.1 Å². The number of aromatic amines is 1. The highest BCUT2D eigenvalue weighted by Gasteiger charge is 2.05. The highest BCUT2D eigenvalue weighted by molar-refractivity contribution is 5.92. The van der Waals surface area contributed by atoms with E-state index in [2.05, 4.69) is 22.3 Å². The lowest BCUT2D eigenvalue weighted by molar-refractivity contribution is 1.12. The minimum Gasteiger partial charge on any atom is -0.277 e. The van der Waals surface area contributed by atoms with E-state index < -0.39 is 0 Å². The van der Waals surface area contributed by atoms with Gasteiger partial charge in [0.1, 0.15) is 5.69 Å². The molecule has 0 saturated heterocycles. The van der Waals surface area contributed by atoms with Crippen LogP contribution in [0, 0.1) is 6.07 Å². The summed E-state index contributed by atoms with van der Waals surface area (Å²) in [4.78, 5) is 0. The highest BCUT2D eigenvalue weighted by atomic mass is 15.1. The van der Waals surface area contributed by atoms with Crippen molar-refractivity contribution >= 4 is 10.9 Å². The Hall–Kier alpha value is -2.09. The Morgan fingerprint density at radius 1 is 1.00 bits per heavy atom. The fourth-order valence-corrected chi connectivity index (χ4v) is 1.71. The van der Waals surface area contributed by atoms with Crippen molar-refractivity contribution in [2.24, 2.45) is 0 Å². The number of hydrogen-bond acceptors (Lipinski definition) is 1. The maximum atomic E-state index is 4.31. The normalized spacial score (nSPS) is 10.7. The summed E-state index contributed by atoms with van der Waals surface area (Å²) in [5, 5.41) is 8.46. The molecule has 2 heteroatoms. The maximum Gasteiger partial charge on any atom is 0.101 e. The number of para-hydroxylation sites is 1. The second kappa shape index (κ2) is 3.24. The molecule has 0 aliphatic carbocycles. The van der Waals surface area contributed by atoms with Crippen LogP contribution in [-0.4, -0.2) is 10.2 Å². The second-order valence-electron chi connectivity index (χ2n) is 3.39. The van der Waals surface area contributed by atoms with Crippen molar-refractivity contribution in [2.75, 3.05) is 0 Å². The van der Waals surface area contributed by atoms with E-state index in [-0.39, 0.29) is 0 Å². The second-order valence-corrected chi connectivity index (χ2v) is 3.39.